The van der Waals surface area contributed by atoms with E-state index in [9.17, 15) is 5.11 Å². The molecule has 0 aliphatic carbocycles. The molecule has 0 fully saturated rings. The third-order valence-electron chi connectivity index (χ3n) is 9.00. The number of aromatic hydroxyl groups is 1. The Bertz CT molecular complexity index is 1780. The molecule has 0 saturated heterocycles. The summed E-state index contributed by atoms with van der Waals surface area (Å²) in [4.78, 5) is 5.14. The Morgan fingerprint density at radius 1 is 0.587 bits per heavy atom. The van der Waals surface area contributed by atoms with Crippen molar-refractivity contribution >= 4 is 5.69 Å². The minimum Gasteiger partial charge on any atom is -0.507 e. The number of aryl methyl sites for hydroxylation is 1. The van der Waals surface area contributed by atoms with E-state index < -0.39 is 0 Å². The van der Waals surface area contributed by atoms with E-state index in [2.05, 4.69) is 146 Å². The zero-order chi connectivity index (χ0) is 33.1. The van der Waals surface area contributed by atoms with Gasteiger partial charge in [0, 0.05) is 22.4 Å². The second-order valence-electron chi connectivity index (χ2n) is 13.9. The summed E-state index contributed by atoms with van der Waals surface area (Å²) in [5, 5.41) is 15.7. The first kappa shape index (κ1) is 33.0. The summed E-state index contributed by atoms with van der Waals surface area (Å²) in [6.07, 6.45) is 0. The van der Waals surface area contributed by atoms with Gasteiger partial charge in [-0.05, 0) is 93.8 Å². The van der Waals surface area contributed by atoms with Crippen molar-refractivity contribution in [2.24, 2.45) is 0 Å². The Labute approximate surface area is 276 Å². The van der Waals surface area contributed by atoms with Crippen LogP contribution in [0.1, 0.15) is 113 Å². The van der Waals surface area contributed by atoms with Crippen LogP contribution in [-0.2, 0) is 6.54 Å². The van der Waals surface area contributed by atoms with E-state index in [1.807, 2.05) is 12.1 Å². The van der Waals surface area contributed by atoms with Crippen molar-refractivity contribution in [1.29, 1.82) is 0 Å². The maximum atomic E-state index is 11.9. The molecule has 1 aromatic heterocycles. The molecule has 0 aliphatic heterocycles. The minimum atomic E-state index is 0.304. The molecule has 5 aromatic rings. The Balaban J connectivity index is 1.55. The summed E-state index contributed by atoms with van der Waals surface area (Å²) in [6.45, 7) is 20.6. The van der Waals surface area contributed by atoms with Crippen molar-refractivity contribution in [2.45, 2.75) is 92.5 Å². The highest BCUT2D eigenvalue weighted by molar-refractivity contribution is 5.90. The Hall–Kier alpha value is -4.37. The molecule has 238 valence electrons. The lowest BCUT2D eigenvalue weighted by Crippen LogP contribution is -2.09. The number of pyridine rings is 1. The van der Waals surface area contributed by atoms with E-state index in [0.29, 0.717) is 36.0 Å². The normalized spacial score (nSPS) is 11.7. The average Bonchev–Trinajstić information content (AvgIpc) is 3.04. The molecule has 4 aromatic carbocycles. The molecule has 0 spiro atoms. The van der Waals surface area contributed by atoms with Gasteiger partial charge in [0.2, 0.25) is 0 Å². The van der Waals surface area contributed by atoms with Crippen LogP contribution in [0.5, 0.6) is 5.75 Å². The zero-order valence-corrected chi connectivity index (χ0v) is 29.1. The molecule has 0 atom stereocenters. The third kappa shape index (κ3) is 7.04. The van der Waals surface area contributed by atoms with Crippen LogP contribution in [0, 0.1) is 6.92 Å². The zero-order valence-electron chi connectivity index (χ0n) is 29.1. The number of hydrogen-bond acceptors (Lipinski definition) is 3. The Morgan fingerprint density at radius 2 is 1.15 bits per heavy atom. The summed E-state index contributed by atoms with van der Waals surface area (Å²) >= 11 is 0. The molecule has 0 radical (unpaired) electrons. The van der Waals surface area contributed by atoms with Crippen molar-refractivity contribution in [3.63, 3.8) is 0 Å². The Morgan fingerprint density at radius 3 is 1.74 bits per heavy atom. The average molecular weight is 611 g/mol. The molecule has 3 nitrogen and oxygen atoms in total. The molecular weight excluding hydrogens is 560 g/mol. The van der Waals surface area contributed by atoms with Gasteiger partial charge in [-0.1, -0.05) is 122 Å². The predicted octanol–water partition coefficient (Wildman–Crippen LogP) is 12.2. The number of nitrogens with zero attached hydrogens (tertiary/aromatic N) is 1. The van der Waals surface area contributed by atoms with Crippen LogP contribution in [0.25, 0.3) is 33.5 Å². The van der Waals surface area contributed by atoms with Gasteiger partial charge >= 0.3 is 0 Å². The molecule has 0 amide bonds. The van der Waals surface area contributed by atoms with Crippen molar-refractivity contribution in [2.75, 3.05) is 5.32 Å². The van der Waals surface area contributed by atoms with Crippen LogP contribution in [0.4, 0.5) is 5.69 Å². The van der Waals surface area contributed by atoms with Gasteiger partial charge in [0.1, 0.15) is 5.75 Å². The monoisotopic (exact) mass is 610 g/mol. The van der Waals surface area contributed by atoms with Crippen LogP contribution in [0.2, 0.25) is 0 Å². The lowest BCUT2D eigenvalue weighted by atomic mass is 9.88. The molecule has 1 heterocycles. The van der Waals surface area contributed by atoms with Crippen molar-refractivity contribution < 1.29 is 5.11 Å². The van der Waals surface area contributed by atoms with Gasteiger partial charge in [0.15, 0.2) is 0 Å². The van der Waals surface area contributed by atoms with Gasteiger partial charge in [-0.25, -0.2) is 0 Å². The number of anilines is 1. The SMILES string of the molecule is Cc1cc(-c2cc(C(C)C)cc(C(C)C)c2)c(O)c(-c2ccccc2-c2cccc(CNc3c(C(C)C)cccc3C(C)C)n2)c1. The second-order valence-corrected chi connectivity index (χ2v) is 13.9. The van der Waals surface area contributed by atoms with Crippen LogP contribution >= 0.6 is 0 Å². The standard InChI is InChI=1S/C43H50N2O/c1-26(2)31-22-32(27(3)4)24-33(23-31)39-20-30(9)21-40(43(39)46)37-15-10-11-16-38(37)41-19-12-14-34(45-41)25-44-42-35(28(5)6)17-13-18-36(42)29(7)8/h10-24,26-29,44,46H,25H2,1-9H3. The highest BCUT2D eigenvalue weighted by atomic mass is 16.3. The van der Waals surface area contributed by atoms with Crippen molar-refractivity contribution in [3.05, 3.63) is 125 Å². The van der Waals surface area contributed by atoms with Crippen LogP contribution in [0.15, 0.2) is 91.0 Å². The number of rotatable bonds is 10. The molecule has 0 aliphatic rings. The van der Waals surface area contributed by atoms with Crippen molar-refractivity contribution in [1.82, 2.24) is 4.98 Å². The summed E-state index contributed by atoms with van der Waals surface area (Å²) in [7, 11) is 0. The number of hydrogen-bond donors (Lipinski definition) is 2. The first-order valence-electron chi connectivity index (χ1n) is 16.9. The van der Waals surface area contributed by atoms with Gasteiger partial charge < -0.3 is 10.4 Å². The lowest BCUT2D eigenvalue weighted by Gasteiger charge is -2.21. The molecule has 5 rings (SSSR count). The molecule has 0 bridgehead atoms. The maximum Gasteiger partial charge on any atom is 0.131 e. The quantitative estimate of drug-likeness (QED) is 0.165. The van der Waals surface area contributed by atoms with Gasteiger partial charge in [0.25, 0.3) is 0 Å². The fourth-order valence-electron chi connectivity index (χ4n) is 6.31. The number of aromatic nitrogens is 1. The minimum absolute atomic E-state index is 0.304. The first-order chi connectivity index (χ1) is 21.9. The number of benzene rings is 4. The maximum absolute atomic E-state index is 11.9. The first-order valence-corrected chi connectivity index (χ1v) is 16.9. The van der Waals surface area contributed by atoms with E-state index in [1.165, 1.54) is 27.9 Å². The highest BCUT2D eigenvalue weighted by Gasteiger charge is 2.19. The van der Waals surface area contributed by atoms with Crippen LogP contribution < -0.4 is 5.32 Å². The Kier molecular flexibility index (Phi) is 10.0. The molecule has 3 heteroatoms. The van der Waals surface area contributed by atoms with Gasteiger partial charge in [-0.15, -0.1) is 0 Å². The number of nitrogens with one attached hydrogen (secondary N) is 1. The van der Waals surface area contributed by atoms with Crippen LogP contribution in [-0.4, -0.2) is 10.1 Å². The summed E-state index contributed by atoms with van der Waals surface area (Å²) in [6, 6.07) is 32.1. The van der Waals surface area contributed by atoms with Gasteiger partial charge in [-0.3, -0.25) is 4.98 Å². The van der Waals surface area contributed by atoms with E-state index in [-0.39, 0.29) is 0 Å². The van der Waals surface area contributed by atoms with Crippen molar-refractivity contribution in [3.8, 4) is 39.3 Å². The fraction of sp³-hybridized carbons (Fsp3) is 0.326. The smallest absolute Gasteiger partial charge is 0.131 e. The molecule has 0 saturated carbocycles. The highest BCUT2D eigenvalue weighted by Crippen LogP contribution is 2.43. The van der Waals surface area contributed by atoms with Crippen LogP contribution in [0.3, 0.4) is 0 Å². The van der Waals surface area contributed by atoms with E-state index in [0.717, 1.165) is 44.8 Å². The number of phenolic OH excluding ortho intramolecular Hbond substituents is 1. The fourth-order valence-corrected chi connectivity index (χ4v) is 6.31. The van der Waals surface area contributed by atoms with Gasteiger partial charge in [-0.2, -0.15) is 0 Å². The molecule has 0 unspecified atom stereocenters. The third-order valence-corrected chi connectivity index (χ3v) is 9.00. The lowest BCUT2D eigenvalue weighted by molar-refractivity contribution is 0.479. The van der Waals surface area contributed by atoms with E-state index in [4.69, 9.17) is 4.98 Å². The second kappa shape index (κ2) is 14.0. The summed E-state index contributed by atoms with van der Waals surface area (Å²) < 4.78 is 0. The largest absolute Gasteiger partial charge is 0.507 e. The molecule has 46 heavy (non-hydrogen) atoms. The summed E-state index contributed by atoms with van der Waals surface area (Å²) in [5.41, 5.74) is 14.1. The predicted molar refractivity (Wildman–Crippen MR) is 197 cm³/mol. The number of phenols is 1. The van der Waals surface area contributed by atoms with E-state index in [1.54, 1.807) is 0 Å². The van der Waals surface area contributed by atoms with Gasteiger partial charge in [0.05, 0.1) is 17.9 Å². The molecule has 2 N–H and O–H groups in total. The summed E-state index contributed by atoms with van der Waals surface area (Å²) in [5.74, 6) is 1.94. The topological polar surface area (TPSA) is 45.1 Å². The number of para-hydroxylation sites is 1. The molecular formula is C43H50N2O. The van der Waals surface area contributed by atoms with E-state index >= 15 is 0 Å².